The molecule has 0 unspecified atom stereocenters. The van der Waals surface area contributed by atoms with E-state index in [1.54, 1.807) is 12.1 Å². The van der Waals surface area contributed by atoms with Gasteiger partial charge in [0, 0.05) is 11.8 Å². The minimum absolute atomic E-state index is 0.445. The lowest BCUT2D eigenvalue weighted by molar-refractivity contribution is 0.555. The highest BCUT2D eigenvalue weighted by molar-refractivity contribution is 5.76. The molecule has 0 aliphatic heterocycles. The lowest BCUT2D eigenvalue weighted by Gasteiger charge is -2.03. The maximum absolute atomic E-state index is 10.8. The van der Waals surface area contributed by atoms with E-state index in [1.807, 2.05) is 6.07 Å². The Kier molecular flexibility index (Phi) is 2.21. The van der Waals surface area contributed by atoms with E-state index in [1.165, 1.54) is 0 Å². The summed E-state index contributed by atoms with van der Waals surface area (Å²) in [5, 5.41) is 2.98. The summed E-state index contributed by atoms with van der Waals surface area (Å²) in [4.78, 5) is 13.4. The van der Waals surface area contributed by atoms with E-state index in [2.05, 4.69) is 15.7 Å². The summed E-state index contributed by atoms with van der Waals surface area (Å²) in [6.07, 6.45) is 0. The van der Waals surface area contributed by atoms with Gasteiger partial charge in [-0.3, -0.25) is 10.8 Å². The van der Waals surface area contributed by atoms with Crippen LogP contribution in [0, 0.1) is 0 Å². The SMILES string of the molecule is NNCNc1ccc2[nH]c(=O)oc2c1. The maximum atomic E-state index is 10.8. The number of nitrogens with one attached hydrogen (secondary N) is 3. The van der Waals surface area contributed by atoms with Crippen molar-refractivity contribution in [3.63, 3.8) is 0 Å². The first-order chi connectivity index (χ1) is 6.79. The molecule has 14 heavy (non-hydrogen) atoms. The molecule has 0 bridgehead atoms. The molecule has 2 rings (SSSR count). The van der Waals surface area contributed by atoms with Crippen LogP contribution in [0.15, 0.2) is 27.4 Å². The van der Waals surface area contributed by atoms with Gasteiger partial charge in [-0.15, -0.1) is 0 Å². The van der Waals surface area contributed by atoms with E-state index in [0.29, 0.717) is 17.8 Å². The lowest BCUT2D eigenvalue weighted by Crippen LogP contribution is -2.28. The minimum Gasteiger partial charge on any atom is -0.408 e. The van der Waals surface area contributed by atoms with Crippen LogP contribution in [-0.4, -0.2) is 11.7 Å². The summed E-state index contributed by atoms with van der Waals surface area (Å²) in [5.41, 5.74) is 4.50. The molecule has 0 saturated carbocycles. The van der Waals surface area contributed by atoms with Crippen LogP contribution in [0.4, 0.5) is 5.69 Å². The number of hydrazine groups is 1. The normalized spacial score (nSPS) is 10.6. The number of H-pyrrole nitrogens is 1. The van der Waals surface area contributed by atoms with Crippen molar-refractivity contribution < 1.29 is 4.42 Å². The fraction of sp³-hybridized carbons (Fsp3) is 0.125. The fourth-order valence-electron chi connectivity index (χ4n) is 1.21. The van der Waals surface area contributed by atoms with Crippen LogP contribution in [0.1, 0.15) is 0 Å². The number of rotatable bonds is 3. The molecule has 0 radical (unpaired) electrons. The average Bonchev–Trinajstić information content (AvgIpc) is 2.54. The third kappa shape index (κ3) is 1.61. The number of benzene rings is 1. The second-order valence-electron chi connectivity index (χ2n) is 2.78. The van der Waals surface area contributed by atoms with Crippen LogP contribution < -0.4 is 22.3 Å². The van der Waals surface area contributed by atoms with E-state index in [4.69, 9.17) is 10.3 Å². The van der Waals surface area contributed by atoms with Gasteiger partial charge in [0.15, 0.2) is 5.58 Å². The Morgan fingerprint density at radius 3 is 3.14 bits per heavy atom. The van der Waals surface area contributed by atoms with E-state index >= 15 is 0 Å². The van der Waals surface area contributed by atoms with Gasteiger partial charge < -0.3 is 9.73 Å². The quantitative estimate of drug-likeness (QED) is 0.312. The first-order valence-corrected chi connectivity index (χ1v) is 4.10. The third-order valence-corrected chi connectivity index (χ3v) is 1.82. The molecular weight excluding hydrogens is 184 g/mol. The number of fused-ring (bicyclic) bond motifs is 1. The summed E-state index contributed by atoms with van der Waals surface area (Å²) >= 11 is 0. The Bertz CT molecular complexity index is 487. The number of aromatic amines is 1. The van der Waals surface area contributed by atoms with Gasteiger partial charge in [0.05, 0.1) is 12.2 Å². The number of hydrogen-bond acceptors (Lipinski definition) is 5. The van der Waals surface area contributed by atoms with Gasteiger partial charge in [-0.25, -0.2) is 10.2 Å². The molecule has 0 amide bonds. The number of oxazole rings is 1. The molecule has 6 nitrogen and oxygen atoms in total. The molecule has 0 saturated heterocycles. The van der Waals surface area contributed by atoms with Crippen molar-refractivity contribution in [3.8, 4) is 0 Å². The fourth-order valence-corrected chi connectivity index (χ4v) is 1.21. The van der Waals surface area contributed by atoms with E-state index in [-0.39, 0.29) is 0 Å². The van der Waals surface area contributed by atoms with Crippen LogP contribution in [-0.2, 0) is 0 Å². The van der Waals surface area contributed by atoms with Crippen LogP contribution in [0.5, 0.6) is 0 Å². The topological polar surface area (TPSA) is 96.1 Å². The van der Waals surface area contributed by atoms with Crippen molar-refractivity contribution in [2.45, 2.75) is 0 Å². The second-order valence-corrected chi connectivity index (χ2v) is 2.78. The van der Waals surface area contributed by atoms with Gasteiger partial charge in [-0.1, -0.05) is 0 Å². The van der Waals surface area contributed by atoms with E-state index < -0.39 is 5.76 Å². The first kappa shape index (κ1) is 8.79. The predicted octanol–water partition coefficient (Wildman–Crippen LogP) is -0.0462. The minimum atomic E-state index is -0.450. The zero-order valence-corrected chi connectivity index (χ0v) is 7.33. The van der Waals surface area contributed by atoms with E-state index in [0.717, 1.165) is 5.69 Å². The van der Waals surface area contributed by atoms with Crippen molar-refractivity contribution >= 4 is 16.8 Å². The maximum Gasteiger partial charge on any atom is 0.417 e. The lowest BCUT2D eigenvalue weighted by atomic mass is 10.3. The Hall–Kier alpha value is -1.79. The molecule has 0 atom stereocenters. The average molecular weight is 194 g/mol. The van der Waals surface area contributed by atoms with Crippen molar-refractivity contribution in [1.82, 2.24) is 10.4 Å². The molecular formula is C8H10N4O2. The highest BCUT2D eigenvalue weighted by Crippen LogP contribution is 2.15. The van der Waals surface area contributed by atoms with Crippen molar-refractivity contribution in [2.24, 2.45) is 5.84 Å². The Labute approximate surface area is 79.1 Å². The van der Waals surface area contributed by atoms with Gasteiger partial charge in [0.2, 0.25) is 0 Å². The Balaban J connectivity index is 2.35. The number of hydrogen-bond donors (Lipinski definition) is 4. The van der Waals surface area contributed by atoms with Crippen molar-refractivity contribution in [1.29, 1.82) is 0 Å². The number of anilines is 1. The smallest absolute Gasteiger partial charge is 0.408 e. The zero-order chi connectivity index (χ0) is 9.97. The predicted molar refractivity (Wildman–Crippen MR) is 52.6 cm³/mol. The molecule has 0 fully saturated rings. The highest BCUT2D eigenvalue weighted by atomic mass is 16.4. The Morgan fingerprint density at radius 2 is 2.36 bits per heavy atom. The second kappa shape index (κ2) is 3.52. The molecule has 0 aliphatic rings. The Morgan fingerprint density at radius 1 is 1.50 bits per heavy atom. The summed E-state index contributed by atoms with van der Waals surface area (Å²) < 4.78 is 4.89. The van der Waals surface area contributed by atoms with Crippen LogP contribution in [0.2, 0.25) is 0 Å². The number of aromatic nitrogens is 1. The van der Waals surface area contributed by atoms with Crippen molar-refractivity contribution in [3.05, 3.63) is 28.7 Å². The van der Waals surface area contributed by atoms with Gasteiger partial charge in [0.25, 0.3) is 0 Å². The molecule has 5 N–H and O–H groups in total. The van der Waals surface area contributed by atoms with Gasteiger partial charge in [-0.05, 0) is 12.1 Å². The number of nitrogens with two attached hydrogens (primary N) is 1. The summed E-state index contributed by atoms with van der Waals surface area (Å²) in [7, 11) is 0. The van der Waals surface area contributed by atoms with E-state index in [9.17, 15) is 4.79 Å². The molecule has 1 aromatic carbocycles. The standard InChI is InChI=1S/C8H10N4O2/c9-11-4-10-5-1-2-6-7(3-5)14-8(13)12-6/h1-3,10-11H,4,9H2,(H,12,13). The van der Waals surface area contributed by atoms with Gasteiger partial charge >= 0.3 is 5.76 Å². The zero-order valence-electron chi connectivity index (χ0n) is 7.33. The first-order valence-electron chi connectivity index (χ1n) is 4.10. The molecule has 2 aromatic rings. The van der Waals surface area contributed by atoms with Crippen LogP contribution in [0.25, 0.3) is 11.1 Å². The summed E-state index contributed by atoms with van der Waals surface area (Å²) in [6.45, 7) is 0.445. The van der Waals surface area contributed by atoms with Crippen LogP contribution >= 0.6 is 0 Å². The van der Waals surface area contributed by atoms with Gasteiger partial charge in [0.1, 0.15) is 0 Å². The summed E-state index contributed by atoms with van der Waals surface area (Å²) in [5.74, 6) is 4.65. The van der Waals surface area contributed by atoms with Gasteiger partial charge in [-0.2, -0.15) is 0 Å². The molecule has 74 valence electrons. The largest absolute Gasteiger partial charge is 0.417 e. The highest BCUT2D eigenvalue weighted by Gasteiger charge is 2.00. The monoisotopic (exact) mass is 194 g/mol. The molecule has 1 heterocycles. The van der Waals surface area contributed by atoms with Crippen molar-refractivity contribution in [2.75, 3.05) is 12.0 Å². The molecule has 0 aliphatic carbocycles. The molecule has 1 aromatic heterocycles. The summed E-state index contributed by atoms with van der Waals surface area (Å²) in [6, 6.07) is 5.31. The van der Waals surface area contributed by atoms with Crippen LogP contribution in [0.3, 0.4) is 0 Å². The molecule has 6 heteroatoms. The third-order valence-electron chi connectivity index (χ3n) is 1.82. The molecule has 0 spiro atoms.